The first kappa shape index (κ1) is 11.0. The summed E-state index contributed by atoms with van der Waals surface area (Å²) in [6.07, 6.45) is 10.3. The molecule has 4 atom stereocenters. The van der Waals surface area contributed by atoms with Crippen LogP contribution in [0, 0.1) is 11.8 Å². The zero-order chi connectivity index (χ0) is 12.1. The first-order valence-corrected chi connectivity index (χ1v) is 7.56. The Kier molecular flexibility index (Phi) is 2.51. The quantitative estimate of drug-likeness (QED) is 0.649. The molecule has 4 aliphatic rings. The summed E-state index contributed by atoms with van der Waals surface area (Å²) in [5.74, 6) is 1.76. The molecule has 18 heavy (non-hydrogen) atoms. The van der Waals surface area contributed by atoms with Gasteiger partial charge in [-0.05, 0) is 63.1 Å². The molecule has 4 heterocycles. The van der Waals surface area contributed by atoms with E-state index < -0.39 is 0 Å². The van der Waals surface area contributed by atoms with E-state index in [-0.39, 0.29) is 5.91 Å². The summed E-state index contributed by atoms with van der Waals surface area (Å²) in [6.45, 7) is 3.62. The van der Waals surface area contributed by atoms with Crippen LogP contribution in [0.1, 0.15) is 32.1 Å². The Morgan fingerprint density at radius 1 is 1.17 bits per heavy atom. The fourth-order valence-corrected chi connectivity index (χ4v) is 4.95. The number of fused-ring (bicyclic) bond motifs is 2. The van der Waals surface area contributed by atoms with Crippen LogP contribution >= 0.6 is 0 Å². The van der Waals surface area contributed by atoms with Crippen LogP contribution < -0.4 is 0 Å². The number of hydrogen-bond acceptors (Lipinski definition) is 2. The molecule has 0 bridgehead atoms. The van der Waals surface area contributed by atoms with Gasteiger partial charge in [0, 0.05) is 18.6 Å². The van der Waals surface area contributed by atoms with E-state index in [1.807, 2.05) is 0 Å². The first-order chi connectivity index (χ1) is 8.84. The number of hydrogen-bond donors (Lipinski definition) is 0. The molecule has 0 saturated carbocycles. The molecule has 0 aromatic rings. The largest absolute Gasteiger partial charge is 0.335 e. The van der Waals surface area contributed by atoms with Crippen molar-refractivity contribution >= 4 is 5.91 Å². The minimum absolute atomic E-state index is 0.271. The summed E-state index contributed by atoms with van der Waals surface area (Å²) in [5.41, 5.74) is 0. The lowest BCUT2D eigenvalue weighted by molar-refractivity contribution is -0.141. The topological polar surface area (TPSA) is 23.6 Å². The molecule has 4 rings (SSSR count). The Labute approximate surface area is 109 Å². The van der Waals surface area contributed by atoms with Crippen molar-refractivity contribution in [2.24, 2.45) is 11.8 Å². The molecular formula is C15H22N2O. The molecule has 3 nitrogen and oxygen atoms in total. The highest BCUT2D eigenvalue weighted by Crippen LogP contribution is 2.43. The number of rotatable bonds is 0. The van der Waals surface area contributed by atoms with E-state index >= 15 is 0 Å². The van der Waals surface area contributed by atoms with Crippen molar-refractivity contribution in [1.29, 1.82) is 0 Å². The minimum atomic E-state index is 0.271. The van der Waals surface area contributed by atoms with E-state index in [0.717, 1.165) is 30.8 Å². The number of piperidine rings is 3. The maximum Gasteiger partial charge on any atom is 0.246 e. The third-order valence-electron chi connectivity index (χ3n) is 5.59. The van der Waals surface area contributed by atoms with Gasteiger partial charge in [-0.3, -0.25) is 9.69 Å². The summed E-state index contributed by atoms with van der Waals surface area (Å²) < 4.78 is 0. The minimum Gasteiger partial charge on any atom is -0.335 e. The van der Waals surface area contributed by atoms with Crippen molar-refractivity contribution in [2.45, 2.75) is 44.2 Å². The summed E-state index contributed by atoms with van der Waals surface area (Å²) in [5, 5.41) is 0. The van der Waals surface area contributed by atoms with E-state index in [1.54, 1.807) is 6.08 Å². The van der Waals surface area contributed by atoms with E-state index in [1.165, 1.54) is 38.8 Å². The van der Waals surface area contributed by atoms with Crippen molar-refractivity contribution in [1.82, 2.24) is 9.80 Å². The highest BCUT2D eigenvalue weighted by molar-refractivity contribution is 5.88. The lowest BCUT2D eigenvalue weighted by Gasteiger charge is -2.57. The van der Waals surface area contributed by atoms with Gasteiger partial charge in [-0.25, -0.2) is 0 Å². The average molecular weight is 246 g/mol. The smallest absolute Gasteiger partial charge is 0.246 e. The molecule has 98 valence electrons. The SMILES string of the molecule is O=C1C=CC[C@@H]2[C@H]3CCCN4CCC[C@@H](CN12)[C@H]34. The van der Waals surface area contributed by atoms with Crippen LogP contribution in [-0.2, 0) is 4.79 Å². The highest BCUT2D eigenvalue weighted by Gasteiger charge is 2.49. The second kappa shape index (κ2) is 4.09. The lowest BCUT2D eigenvalue weighted by Crippen LogP contribution is -2.65. The predicted octanol–water partition coefficient (Wildman–Crippen LogP) is 1.65. The van der Waals surface area contributed by atoms with E-state index in [0.29, 0.717) is 6.04 Å². The summed E-state index contributed by atoms with van der Waals surface area (Å²) in [7, 11) is 0. The molecule has 0 spiro atoms. The van der Waals surface area contributed by atoms with Crippen molar-refractivity contribution in [3.8, 4) is 0 Å². The van der Waals surface area contributed by atoms with Crippen molar-refractivity contribution in [3.05, 3.63) is 12.2 Å². The molecule has 0 aromatic carbocycles. The summed E-state index contributed by atoms with van der Waals surface area (Å²) in [6, 6.07) is 1.29. The zero-order valence-corrected chi connectivity index (χ0v) is 10.9. The van der Waals surface area contributed by atoms with Crippen LogP contribution in [0.2, 0.25) is 0 Å². The second-order valence-electron chi connectivity index (χ2n) is 6.43. The van der Waals surface area contributed by atoms with Crippen LogP contribution in [-0.4, -0.2) is 47.4 Å². The highest BCUT2D eigenvalue weighted by atomic mass is 16.2. The number of amides is 1. The van der Waals surface area contributed by atoms with Crippen LogP contribution in [0.25, 0.3) is 0 Å². The number of carbonyl (C=O) groups is 1. The number of nitrogens with zero attached hydrogens (tertiary/aromatic N) is 2. The average Bonchev–Trinajstić information content (AvgIpc) is 2.41. The van der Waals surface area contributed by atoms with E-state index in [9.17, 15) is 4.79 Å². The van der Waals surface area contributed by atoms with Gasteiger partial charge in [-0.2, -0.15) is 0 Å². The lowest BCUT2D eigenvalue weighted by atomic mass is 9.68. The summed E-state index contributed by atoms with van der Waals surface area (Å²) >= 11 is 0. The standard InChI is InChI=1S/C15H22N2O/c18-14-7-1-6-13-12-5-3-9-16-8-2-4-11(15(12)16)10-17(13)14/h1,7,11-13,15H,2-6,8-10H2/t11-,12+,13+,15+/m0/s1. The summed E-state index contributed by atoms with van der Waals surface area (Å²) in [4.78, 5) is 17.0. The Morgan fingerprint density at radius 3 is 2.89 bits per heavy atom. The van der Waals surface area contributed by atoms with Crippen molar-refractivity contribution < 1.29 is 4.79 Å². The Hall–Kier alpha value is -0.830. The van der Waals surface area contributed by atoms with Gasteiger partial charge in [0.2, 0.25) is 5.91 Å². The van der Waals surface area contributed by atoms with Crippen molar-refractivity contribution in [3.63, 3.8) is 0 Å². The van der Waals surface area contributed by atoms with Crippen molar-refractivity contribution in [2.75, 3.05) is 19.6 Å². The molecule has 1 amide bonds. The molecule has 3 saturated heterocycles. The zero-order valence-electron chi connectivity index (χ0n) is 10.9. The van der Waals surface area contributed by atoms with Crippen LogP contribution in [0.5, 0.6) is 0 Å². The monoisotopic (exact) mass is 246 g/mol. The third-order valence-corrected chi connectivity index (χ3v) is 5.59. The normalized spacial score (nSPS) is 43.6. The van der Waals surface area contributed by atoms with Gasteiger partial charge < -0.3 is 4.90 Å². The van der Waals surface area contributed by atoms with E-state index in [2.05, 4.69) is 15.9 Å². The van der Waals surface area contributed by atoms with Gasteiger partial charge >= 0.3 is 0 Å². The molecule has 4 aliphatic heterocycles. The maximum atomic E-state index is 12.1. The van der Waals surface area contributed by atoms with E-state index in [4.69, 9.17) is 0 Å². The van der Waals surface area contributed by atoms with Crippen LogP contribution in [0.4, 0.5) is 0 Å². The van der Waals surface area contributed by atoms with Crippen LogP contribution in [0.3, 0.4) is 0 Å². The first-order valence-electron chi connectivity index (χ1n) is 7.56. The second-order valence-corrected chi connectivity index (χ2v) is 6.43. The fourth-order valence-electron chi connectivity index (χ4n) is 4.95. The Balaban J connectivity index is 1.68. The Bertz CT molecular complexity index is 390. The third kappa shape index (κ3) is 1.49. The number of carbonyl (C=O) groups excluding carboxylic acids is 1. The van der Waals surface area contributed by atoms with Gasteiger partial charge in [0.1, 0.15) is 0 Å². The molecule has 0 N–H and O–H groups in total. The molecule has 0 radical (unpaired) electrons. The molecular weight excluding hydrogens is 224 g/mol. The molecule has 0 unspecified atom stereocenters. The van der Waals surface area contributed by atoms with Crippen LogP contribution in [0.15, 0.2) is 12.2 Å². The molecule has 3 heteroatoms. The molecule has 0 aromatic heterocycles. The Morgan fingerprint density at radius 2 is 2.00 bits per heavy atom. The van der Waals surface area contributed by atoms with Gasteiger partial charge in [-0.1, -0.05) is 6.08 Å². The predicted molar refractivity (Wildman–Crippen MR) is 70.1 cm³/mol. The van der Waals surface area contributed by atoms with Gasteiger partial charge in [0.15, 0.2) is 0 Å². The van der Waals surface area contributed by atoms with Gasteiger partial charge in [0.05, 0.1) is 0 Å². The fraction of sp³-hybridized carbons (Fsp3) is 0.800. The maximum absolute atomic E-state index is 12.1. The molecule has 3 fully saturated rings. The van der Waals surface area contributed by atoms with Gasteiger partial charge in [0.25, 0.3) is 0 Å². The molecule has 0 aliphatic carbocycles. The van der Waals surface area contributed by atoms with Gasteiger partial charge in [-0.15, -0.1) is 0 Å².